The van der Waals surface area contributed by atoms with Crippen LogP contribution in [-0.4, -0.2) is 33.3 Å². The average molecular weight is 357 g/mol. The molecule has 1 aromatic carbocycles. The second kappa shape index (κ2) is 9.69. The zero-order chi connectivity index (χ0) is 16.7. The van der Waals surface area contributed by atoms with E-state index in [0.29, 0.717) is 41.7 Å². The van der Waals surface area contributed by atoms with Crippen LogP contribution in [0.2, 0.25) is 0 Å². The van der Waals surface area contributed by atoms with Gasteiger partial charge in [0.15, 0.2) is 0 Å². The minimum atomic E-state index is -0.236. The predicted molar refractivity (Wildman–Crippen MR) is 91.2 cm³/mol. The number of rotatable bonds is 8. The number of hydrogen-bond acceptors (Lipinski definition) is 6. The van der Waals surface area contributed by atoms with Crippen molar-refractivity contribution in [3.8, 4) is 17.2 Å². The van der Waals surface area contributed by atoms with E-state index in [9.17, 15) is 4.79 Å². The smallest absolute Gasteiger partial charge is 0.254 e. The molecule has 1 heterocycles. The van der Waals surface area contributed by atoms with Crippen LogP contribution in [0.15, 0.2) is 34.9 Å². The zero-order valence-electron chi connectivity index (χ0n) is 13.5. The summed E-state index contributed by atoms with van der Waals surface area (Å²) < 4.78 is 21.0. The van der Waals surface area contributed by atoms with Gasteiger partial charge in [-0.05, 0) is 6.07 Å². The molecule has 132 valence electrons. The molecule has 3 N–H and O–H groups in total. The van der Waals surface area contributed by atoms with Crippen LogP contribution in [0.4, 0.5) is 0 Å². The maximum absolute atomic E-state index is 11.9. The van der Waals surface area contributed by atoms with Crippen LogP contribution in [0.25, 0.3) is 0 Å². The molecular formula is C16H21ClN2O5. The Bertz CT molecular complexity index is 637. The Labute approximate surface area is 146 Å². The van der Waals surface area contributed by atoms with Crippen molar-refractivity contribution in [2.24, 2.45) is 5.73 Å². The lowest BCUT2D eigenvalue weighted by Gasteiger charge is -2.10. The van der Waals surface area contributed by atoms with Crippen LogP contribution in [0.5, 0.6) is 17.2 Å². The van der Waals surface area contributed by atoms with Gasteiger partial charge in [0.05, 0.1) is 32.9 Å². The average Bonchev–Trinajstić information content (AvgIpc) is 3.07. The Morgan fingerprint density at radius 1 is 1.12 bits per heavy atom. The number of halogens is 1. The SMILES string of the molecule is COc1cc(OC)cc(OCCNC(=O)c2coc(CN)c2)c1.Cl. The number of methoxy groups -OCH3 is 2. The molecule has 0 bridgehead atoms. The Hall–Kier alpha value is -2.38. The number of benzene rings is 1. The molecule has 0 saturated carbocycles. The molecule has 2 aromatic rings. The van der Waals surface area contributed by atoms with Gasteiger partial charge in [-0.25, -0.2) is 0 Å². The molecule has 0 aliphatic carbocycles. The normalized spacial score (nSPS) is 9.79. The number of ether oxygens (including phenoxy) is 3. The molecule has 7 nitrogen and oxygen atoms in total. The molecule has 1 aromatic heterocycles. The number of amides is 1. The maximum atomic E-state index is 11.9. The molecule has 8 heteroatoms. The Balaban J connectivity index is 0.00000288. The number of hydrogen-bond donors (Lipinski definition) is 2. The van der Waals surface area contributed by atoms with E-state index in [-0.39, 0.29) is 24.9 Å². The molecule has 0 aliphatic heterocycles. The number of nitrogens with one attached hydrogen (secondary N) is 1. The third-order valence-electron chi connectivity index (χ3n) is 3.10. The van der Waals surface area contributed by atoms with Gasteiger partial charge in [-0.1, -0.05) is 0 Å². The monoisotopic (exact) mass is 356 g/mol. The van der Waals surface area contributed by atoms with Gasteiger partial charge >= 0.3 is 0 Å². The lowest BCUT2D eigenvalue weighted by molar-refractivity contribution is 0.0946. The van der Waals surface area contributed by atoms with Crippen molar-refractivity contribution in [1.82, 2.24) is 5.32 Å². The van der Waals surface area contributed by atoms with Crippen LogP contribution < -0.4 is 25.3 Å². The molecule has 0 radical (unpaired) electrons. The topological polar surface area (TPSA) is 96.0 Å². The first-order chi connectivity index (χ1) is 11.2. The lowest BCUT2D eigenvalue weighted by atomic mass is 10.3. The van der Waals surface area contributed by atoms with E-state index in [1.807, 2.05) is 0 Å². The first kappa shape index (κ1) is 19.7. The fourth-order valence-corrected chi connectivity index (χ4v) is 1.91. The molecule has 0 fully saturated rings. The molecular weight excluding hydrogens is 336 g/mol. The van der Waals surface area contributed by atoms with Gasteiger partial charge in [0.1, 0.15) is 35.9 Å². The van der Waals surface area contributed by atoms with Crippen LogP contribution in [0, 0.1) is 0 Å². The summed E-state index contributed by atoms with van der Waals surface area (Å²) in [6.45, 7) is 0.916. The molecule has 0 spiro atoms. The Morgan fingerprint density at radius 2 is 1.75 bits per heavy atom. The van der Waals surface area contributed by atoms with Gasteiger partial charge < -0.3 is 29.7 Å². The van der Waals surface area contributed by atoms with Crippen molar-refractivity contribution in [2.45, 2.75) is 6.54 Å². The van der Waals surface area contributed by atoms with Crippen molar-refractivity contribution < 1.29 is 23.4 Å². The maximum Gasteiger partial charge on any atom is 0.254 e. The predicted octanol–water partition coefficient (Wildman–Crippen LogP) is 1.99. The first-order valence-corrected chi connectivity index (χ1v) is 7.07. The van der Waals surface area contributed by atoms with E-state index in [4.69, 9.17) is 24.4 Å². The second-order valence-corrected chi connectivity index (χ2v) is 4.66. The van der Waals surface area contributed by atoms with E-state index in [0.717, 1.165) is 0 Å². The van der Waals surface area contributed by atoms with Crippen molar-refractivity contribution >= 4 is 18.3 Å². The summed E-state index contributed by atoms with van der Waals surface area (Å²) in [7, 11) is 3.14. The van der Waals surface area contributed by atoms with Gasteiger partial charge in [-0.15, -0.1) is 12.4 Å². The van der Waals surface area contributed by atoms with Crippen LogP contribution >= 0.6 is 12.4 Å². The standard InChI is InChI=1S/C16H20N2O5.ClH/c1-20-12-6-13(21-2)8-14(7-12)22-4-3-18-16(19)11-5-15(9-17)23-10-11;/h5-8,10H,3-4,9,17H2,1-2H3,(H,18,19);1H. The van der Waals surface area contributed by atoms with Gasteiger partial charge in [0, 0.05) is 18.2 Å². The van der Waals surface area contributed by atoms with Gasteiger partial charge in [0.2, 0.25) is 0 Å². The van der Waals surface area contributed by atoms with E-state index in [1.54, 1.807) is 38.5 Å². The number of nitrogens with two attached hydrogens (primary N) is 1. The Morgan fingerprint density at radius 3 is 2.29 bits per heavy atom. The quantitative estimate of drug-likeness (QED) is 0.702. The van der Waals surface area contributed by atoms with Crippen LogP contribution in [0.1, 0.15) is 16.1 Å². The number of carbonyl (C=O) groups is 1. The zero-order valence-corrected chi connectivity index (χ0v) is 14.4. The third kappa shape index (κ3) is 5.36. The summed E-state index contributed by atoms with van der Waals surface area (Å²) in [6, 6.07) is 6.85. The van der Waals surface area contributed by atoms with Crippen molar-refractivity contribution in [1.29, 1.82) is 0 Å². The van der Waals surface area contributed by atoms with E-state index in [1.165, 1.54) is 6.26 Å². The molecule has 0 aliphatic rings. The second-order valence-electron chi connectivity index (χ2n) is 4.66. The van der Waals surface area contributed by atoms with Crippen LogP contribution in [0.3, 0.4) is 0 Å². The summed E-state index contributed by atoms with van der Waals surface area (Å²) in [4.78, 5) is 11.9. The highest BCUT2D eigenvalue weighted by Gasteiger charge is 2.09. The minimum absolute atomic E-state index is 0. The molecule has 0 atom stereocenters. The third-order valence-corrected chi connectivity index (χ3v) is 3.10. The fourth-order valence-electron chi connectivity index (χ4n) is 1.91. The Kier molecular flexibility index (Phi) is 7.94. The number of furan rings is 1. The largest absolute Gasteiger partial charge is 0.496 e. The fraction of sp³-hybridized carbons (Fsp3) is 0.312. The highest BCUT2D eigenvalue weighted by molar-refractivity contribution is 5.93. The summed E-state index contributed by atoms with van der Waals surface area (Å²) in [5.41, 5.74) is 5.87. The molecule has 0 unspecified atom stereocenters. The summed E-state index contributed by atoms with van der Waals surface area (Å²) in [6.07, 6.45) is 1.38. The molecule has 1 amide bonds. The van der Waals surface area contributed by atoms with Gasteiger partial charge in [-0.3, -0.25) is 4.79 Å². The highest BCUT2D eigenvalue weighted by Crippen LogP contribution is 2.27. The molecule has 0 saturated heterocycles. The van der Waals surface area contributed by atoms with E-state index in [2.05, 4.69) is 5.32 Å². The summed E-state index contributed by atoms with van der Waals surface area (Å²) >= 11 is 0. The highest BCUT2D eigenvalue weighted by atomic mass is 35.5. The van der Waals surface area contributed by atoms with Gasteiger partial charge in [0.25, 0.3) is 5.91 Å². The van der Waals surface area contributed by atoms with Crippen molar-refractivity contribution in [3.05, 3.63) is 41.9 Å². The van der Waals surface area contributed by atoms with E-state index >= 15 is 0 Å². The van der Waals surface area contributed by atoms with Crippen molar-refractivity contribution in [3.63, 3.8) is 0 Å². The number of carbonyl (C=O) groups excluding carboxylic acids is 1. The molecule has 24 heavy (non-hydrogen) atoms. The van der Waals surface area contributed by atoms with Crippen LogP contribution in [-0.2, 0) is 6.54 Å². The minimum Gasteiger partial charge on any atom is -0.496 e. The summed E-state index contributed by atoms with van der Waals surface area (Å²) in [5, 5.41) is 2.74. The lowest BCUT2D eigenvalue weighted by Crippen LogP contribution is -2.27. The van der Waals surface area contributed by atoms with Gasteiger partial charge in [-0.2, -0.15) is 0 Å². The van der Waals surface area contributed by atoms with E-state index < -0.39 is 0 Å². The molecule has 2 rings (SSSR count). The first-order valence-electron chi connectivity index (χ1n) is 7.07. The summed E-state index contributed by atoms with van der Waals surface area (Å²) in [5.74, 6) is 2.20. The van der Waals surface area contributed by atoms with Crippen molar-refractivity contribution in [2.75, 3.05) is 27.4 Å².